The highest BCUT2D eigenvalue weighted by Gasteiger charge is 2.27. The van der Waals surface area contributed by atoms with Gasteiger partial charge in [-0.05, 0) is 128 Å². The van der Waals surface area contributed by atoms with Crippen LogP contribution in [0, 0.1) is 0 Å². The molecule has 0 heterocycles. The Kier molecular flexibility index (Phi) is 54.1. The summed E-state index contributed by atoms with van der Waals surface area (Å²) in [6.07, 6.45) is 86.1. The fourth-order valence-corrected chi connectivity index (χ4v) is 8.14. The number of phosphoric acid groups is 1. The van der Waals surface area contributed by atoms with Crippen molar-refractivity contribution in [3.8, 4) is 0 Å². The third kappa shape index (κ3) is 60.9. The van der Waals surface area contributed by atoms with E-state index in [0.29, 0.717) is 17.4 Å². The molecule has 0 saturated carbocycles. The largest absolute Gasteiger partial charge is 0.472 e. The van der Waals surface area contributed by atoms with E-state index in [0.717, 1.165) is 141 Å². The van der Waals surface area contributed by atoms with Gasteiger partial charge in [-0.2, -0.15) is 0 Å². The van der Waals surface area contributed by atoms with Crippen molar-refractivity contribution in [2.24, 2.45) is 0 Å². The minimum atomic E-state index is -4.40. The number of phosphoric ester groups is 1. The van der Waals surface area contributed by atoms with Gasteiger partial charge in [-0.25, -0.2) is 4.57 Å². The van der Waals surface area contributed by atoms with Crippen molar-refractivity contribution < 1.29 is 42.1 Å². The summed E-state index contributed by atoms with van der Waals surface area (Å²) < 4.78 is 34.4. The minimum Gasteiger partial charge on any atom is -0.462 e. The minimum absolute atomic E-state index is 0.0170. The van der Waals surface area contributed by atoms with E-state index < -0.39 is 32.5 Å². The molecule has 0 fully saturated rings. The molecule has 0 aliphatic heterocycles. The zero-order chi connectivity index (χ0) is 57.0. The Balaban J connectivity index is 4.18. The zero-order valence-corrected chi connectivity index (χ0v) is 50.7. The zero-order valence-electron chi connectivity index (χ0n) is 49.8. The van der Waals surface area contributed by atoms with E-state index in [9.17, 15) is 19.0 Å². The first kappa shape index (κ1) is 73.6. The summed E-state index contributed by atoms with van der Waals surface area (Å²) in [5.41, 5.74) is 0. The Hall–Kier alpha value is -4.37. The molecule has 0 aromatic rings. The second kappa shape index (κ2) is 57.3. The Bertz CT molecular complexity index is 1870. The average molecular weight is 1100 g/mol. The van der Waals surface area contributed by atoms with E-state index in [1.165, 1.54) is 32.1 Å². The molecule has 0 aliphatic rings. The Morgan fingerprint density at radius 2 is 0.731 bits per heavy atom. The molecule has 0 aromatic heterocycles. The maximum atomic E-state index is 12.8. The van der Waals surface area contributed by atoms with Crippen LogP contribution in [0.2, 0.25) is 0 Å². The summed E-state index contributed by atoms with van der Waals surface area (Å²) in [6, 6.07) is 0. The van der Waals surface area contributed by atoms with Gasteiger partial charge < -0.3 is 18.9 Å². The van der Waals surface area contributed by atoms with E-state index in [-0.39, 0.29) is 26.1 Å². The van der Waals surface area contributed by atoms with E-state index in [2.05, 4.69) is 172 Å². The number of esters is 2. The molecule has 440 valence electrons. The van der Waals surface area contributed by atoms with Gasteiger partial charge in [0.05, 0.1) is 27.7 Å². The van der Waals surface area contributed by atoms with E-state index >= 15 is 0 Å². The number of likely N-dealkylation sites (N-methyl/N-ethyl adjacent to an activating group) is 1. The fourth-order valence-electron chi connectivity index (χ4n) is 7.40. The van der Waals surface area contributed by atoms with Crippen LogP contribution < -0.4 is 0 Å². The monoisotopic (exact) mass is 1100 g/mol. The SMILES string of the molecule is CC/C=C\C/C=C\C/C=C\C/C=C\C/C=C\C/C=C\C/C=C\C/C=C\C/C=C\C/C=C\C/C=C\C/C=C\CCCCCCC(=O)OC(COC(=O)CCCCCCC/C=C\CCCCCC)COP(=O)(O)OCC[N+](C)(C)C. The van der Waals surface area contributed by atoms with Crippen LogP contribution in [-0.4, -0.2) is 74.9 Å². The number of unbranched alkanes of at least 4 members (excludes halogenated alkanes) is 13. The van der Waals surface area contributed by atoms with E-state index in [1.807, 2.05) is 21.1 Å². The molecule has 2 atom stereocenters. The number of hydrogen-bond donors (Lipinski definition) is 1. The molecule has 0 aromatic carbocycles. The van der Waals surface area contributed by atoms with Crippen molar-refractivity contribution in [3.63, 3.8) is 0 Å². The Morgan fingerprint density at radius 1 is 0.410 bits per heavy atom. The third-order valence-electron chi connectivity index (χ3n) is 12.0. The number of hydrogen-bond acceptors (Lipinski definition) is 7. The fraction of sp³-hybridized carbons (Fsp3) is 0.588. The third-order valence-corrected chi connectivity index (χ3v) is 13.0. The van der Waals surface area contributed by atoms with E-state index in [4.69, 9.17) is 18.5 Å². The summed E-state index contributed by atoms with van der Waals surface area (Å²) in [5, 5.41) is 0. The summed E-state index contributed by atoms with van der Waals surface area (Å²) in [5.74, 6) is -0.850. The van der Waals surface area contributed by atoms with Crippen LogP contribution in [0.3, 0.4) is 0 Å². The number of rotatable bonds is 53. The summed E-state index contributed by atoms with van der Waals surface area (Å²) >= 11 is 0. The van der Waals surface area contributed by atoms with Gasteiger partial charge in [0.1, 0.15) is 19.8 Å². The molecular weight excluding hydrogens is 990 g/mol. The van der Waals surface area contributed by atoms with Crippen LogP contribution in [-0.2, 0) is 32.7 Å². The molecule has 10 heteroatoms. The van der Waals surface area contributed by atoms with Gasteiger partial charge in [0.25, 0.3) is 0 Å². The molecule has 0 spiro atoms. The smallest absolute Gasteiger partial charge is 0.462 e. The average Bonchev–Trinajstić information content (AvgIpc) is 3.40. The van der Waals surface area contributed by atoms with Crippen LogP contribution in [0.1, 0.15) is 206 Å². The first-order chi connectivity index (χ1) is 38.0. The van der Waals surface area contributed by atoms with Gasteiger partial charge in [-0.3, -0.25) is 18.6 Å². The van der Waals surface area contributed by atoms with Crippen LogP contribution >= 0.6 is 7.82 Å². The Labute approximate surface area is 477 Å². The number of nitrogens with zero attached hydrogens (tertiary/aromatic N) is 1. The van der Waals surface area contributed by atoms with Crippen LogP contribution in [0.25, 0.3) is 0 Å². The van der Waals surface area contributed by atoms with Crippen LogP contribution in [0.5, 0.6) is 0 Å². The standard InChI is InChI=1S/C68H110NO8P/c1-6-8-10-12-14-16-18-20-21-22-23-24-25-26-27-28-29-30-31-32-33-34-35-36-37-38-39-40-41-42-43-44-45-46-47-49-51-53-55-57-59-61-68(71)77-66(65-76-78(72,73)75-63-62-69(3,4)5)64-74-67(70)60-58-56-54-52-50-48-19-17-15-13-11-9-7-2/h8,10,14,16-17,19-21,23-24,26-27,29-30,32-33,35-36,38-39,41-42,44-45,47,49,66H,6-7,9,11-13,15,18,22,25,28,31,34,37,40,43,46,48,50-65H2,1-5H3/p+1/b10-8-,16-14-,19-17-,21-20-,24-23-,27-26-,30-29-,33-32-,36-35-,39-38-,42-41-,45-44-,49-47-. The molecule has 78 heavy (non-hydrogen) atoms. The predicted molar refractivity (Wildman–Crippen MR) is 334 cm³/mol. The molecule has 0 radical (unpaired) electrons. The second-order valence-corrected chi connectivity index (χ2v) is 22.1. The number of carbonyl (C=O) groups is 2. The van der Waals surface area contributed by atoms with Crippen molar-refractivity contribution in [3.05, 3.63) is 158 Å². The van der Waals surface area contributed by atoms with Crippen molar-refractivity contribution in [2.45, 2.75) is 213 Å². The lowest BCUT2D eigenvalue weighted by Crippen LogP contribution is -2.37. The lowest BCUT2D eigenvalue weighted by atomic mass is 10.1. The number of allylic oxidation sites excluding steroid dienone is 26. The molecule has 0 aliphatic carbocycles. The number of ether oxygens (including phenoxy) is 2. The topological polar surface area (TPSA) is 108 Å². The molecule has 1 N–H and O–H groups in total. The quantitative estimate of drug-likeness (QED) is 0.0211. The van der Waals surface area contributed by atoms with Gasteiger partial charge in [-0.1, -0.05) is 223 Å². The van der Waals surface area contributed by atoms with Gasteiger partial charge in [0.15, 0.2) is 6.10 Å². The van der Waals surface area contributed by atoms with Gasteiger partial charge in [0.2, 0.25) is 0 Å². The second-order valence-electron chi connectivity index (χ2n) is 20.6. The van der Waals surface area contributed by atoms with Gasteiger partial charge in [0, 0.05) is 12.8 Å². The highest BCUT2D eigenvalue weighted by atomic mass is 31.2. The lowest BCUT2D eigenvalue weighted by molar-refractivity contribution is -0.870. The van der Waals surface area contributed by atoms with Crippen molar-refractivity contribution in [2.75, 3.05) is 47.5 Å². The molecule has 2 unspecified atom stereocenters. The molecule has 9 nitrogen and oxygen atoms in total. The highest BCUT2D eigenvalue weighted by molar-refractivity contribution is 7.47. The maximum Gasteiger partial charge on any atom is 0.472 e. The van der Waals surface area contributed by atoms with Crippen molar-refractivity contribution >= 4 is 19.8 Å². The van der Waals surface area contributed by atoms with E-state index in [1.54, 1.807) is 0 Å². The number of quaternary nitrogens is 1. The van der Waals surface area contributed by atoms with Gasteiger partial charge >= 0.3 is 19.8 Å². The first-order valence-electron chi connectivity index (χ1n) is 30.2. The van der Waals surface area contributed by atoms with Gasteiger partial charge in [-0.15, -0.1) is 0 Å². The summed E-state index contributed by atoms with van der Waals surface area (Å²) in [6.45, 7) is 4.23. The van der Waals surface area contributed by atoms with Crippen molar-refractivity contribution in [1.29, 1.82) is 0 Å². The highest BCUT2D eigenvalue weighted by Crippen LogP contribution is 2.43. The Morgan fingerprint density at radius 3 is 1.10 bits per heavy atom. The molecular formula is C68H111NO8P+. The summed E-state index contributed by atoms with van der Waals surface area (Å²) in [7, 11) is 1.43. The van der Waals surface area contributed by atoms with Crippen LogP contribution in [0.4, 0.5) is 0 Å². The first-order valence-corrected chi connectivity index (χ1v) is 31.7. The number of carbonyl (C=O) groups excluding carboxylic acids is 2. The van der Waals surface area contributed by atoms with Crippen molar-refractivity contribution in [1.82, 2.24) is 0 Å². The molecule has 0 bridgehead atoms. The maximum absolute atomic E-state index is 12.8. The molecule has 0 amide bonds. The molecule has 0 saturated heterocycles. The molecule has 0 rings (SSSR count). The van der Waals surface area contributed by atoms with Crippen LogP contribution in [0.15, 0.2) is 158 Å². The lowest BCUT2D eigenvalue weighted by Gasteiger charge is -2.24. The normalized spacial score (nSPS) is 14.4. The summed E-state index contributed by atoms with van der Waals surface area (Å²) in [4.78, 5) is 35.6. The predicted octanol–water partition coefficient (Wildman–Crippen LogP) is 19.3.